The highest BCUT2D eigenvalue weighted by Gasteiger charge is 2.05. The maximum absolute atomic E-state index is 13.7. The van der Waals surface area contributed by atoms with Crippen molar-refractivity contribution < 1.29 is 4.39 Å². The van der Waals surface area contributed by atoms with Gasteiger partial charge in [-0.3, -0.25) is 0 Å². The van der Waals surface area contributed by atoms with Crippen molar-refractivity contribution in [2.24, 2.45) is 0 Å². The molecule has 0 bridgehead atoms. The van der Waals surface area contributed by atoms with Crippen LogP contribution in [0.3, 0.4) is 0 Å². The number of unbranched alkanes of at least 4 members (excludes halogenated alkanes) is 11. The molecular weight excluding hydrogens is 302 g/mol. The van der Waals surface area contributed by atoms with Gasteiger partial charge < -0.3 is 0 Å². The van der Waals surface area contributed by atoms with Crippen molar-refractivity contribution >= 4 is 8.58 Å². The summed E-state index contributed by atoms with van der Waals surface area (Å²) in [5.74, 6) is 0. The Hall–Kier alpha value is 0.360. The molecule has 0 aliphatic heterocycles. The Balaban J connectivity index is 3.07. The Labute approximate surface area is 148 Å². The van der Waals surface area contributed by atoms with E-state index in [0.29, 0.717) is 0 Å². The highest BCUT2D eigenvalue weighted by atomic mass is 31.1. The van der Waals surface area contributed by atoms with Crippen molar-refractivity contribution in [1.82, 2.24) is 0 Å². The number of halogens is 1. The first-order chi connectivity index (χ1) is 11.3. The minimum Gasteiger partial charge on any atom is -0.247 e. The van der Waals surface area contributed by atoms with Crippen LogP contribution in [-0.2, 0) is 0 Å². The molecule has 0 nitrogen and oxygen atoms in total. The number of alkyl halides is 1. The SMILES string of the molecule is CCCCCCPCCCCCCCCC(F)CCCCCC. The van der Waals surface area contributed by atoms with Gasteiger partial charge in [0.05, 0.1) is 0 Å². The fourth-order valence-corrected chi connectivity index (χ4v) is 4.31. The fourth-order valence-electron chi connectivity index (χ4n) is 3.06. The van der Waals surface area contributed by atoms with Gasteiger partial charge in [-0.05, 0) is 38.0 Å². The van der Waals surface area contributed by atoms with Gasteiger partial charge in [-0.2, -0.15) is 0 Å². The second kappa shape index (κ2) is 20.4. The third kappa shape index (κ3) is 20.3. The van der Waals surface area contributed by atoms with Gasteiger partial charge >= 0.3 is 0 Å². The molecule has 0 aromatic rings. The van der Waals surface area contributed by atoms with E-state index in [0.717, 1.165) is 25.7 Å². The van der Waals surface area contributed by atoms with Crippen LogP contribution < -0.4 is 0 Å². The van der Waals surface area contributed by atoms with E-state index in [1.807, 2.05) is 0 Å². The van der Waals surface area contributed by atoms with Crippen molar-refractivity contribution in [2.75, 3.05) is 12.3 Å². The van der Waals surface area contributed by atoms with Gasteiger partial charge in [-0.15, -0.1) is 8.58 Å². The van der Waals surface area contributed by atoms with Gasteiger partial charge in [-0.1, -0.05) is 90.9 Å². The van der Waals surface area contributed by atoms with Crippen LogP contribution in [0.4, 0.5) is 4.39 Å². The average molecular weight is 347 g/mol. The molecule has 2 heteroatoms. The molecule has 0 aromatic carbocycles. The molecule has 0 rings (SSSR count). The maximum Gasteiger partial charge on any atom is 0.100 e. The van der Waals surface area contributed by atoms with Crippen LogP contribution in [0, 0.1) is 0 Å². The number of rotatable bonds is 19. The van der Waals surface area contributed by atoms with Gasteiger partial charge in [0.2, 0.25) is 0 Å². The zero-order valence-electron chi connectivity index (χ0n) is 16.2. The van der Waals surface area contributed by atoms with E-state index < -0.39 is 6.17 Å². The molecule has 2 atom stereocenters. The fraction of sp³-hybridized carbons (Fsp3) is 1.00. The Kier molecular flexibility index (Phi) is 20.7. The molecule has 0 saturated heterocycles. The minimum absolute atomic E-state index is 0.527. The molecule has 0 spiro atoms. The normalized spacial score (nSPS) is 13.2. The first kappa shape index (κ1) is 23.4. The zero-order chi connectivity index (χ0) is 17.0. The van der Waals surface area contributed by atoms with E-state index in [1.54, 1.807) is 0 Å². The van der Waals surface area contributed by atoms with Crippen LogP contribution in [0.15, 0.2) is 0 Å². The molecule has 0 heterocycles. The van der Waals surface area contributed by atoms with Crippen LogP contribution >= 0.6 is 8.58 Å². The van der Waals surface area contributed by atoms with Crippen molar-refractivity contribution in [3.63, 3.8) is 0 Å². The van der Waals surface area contributed by atoms with Crippen molar-refractivity contribution in [2.45, 2.75) is 123 Å². The summed E-state index contributed by atoms with van der Waals surface area (Å²) in [6.45, 7) is 4.49. The van der Waals surface area contributed by atoms with Crippen molar-refractivity contribution in [3.8, 4) is 0 Å². The van der Waals surface area contributed by atoms with Crippen molar-refractivity contribution in [1.29, 1.82) is 0 Å². The second-order valence-corrected chi connectivity index (χ2v) is 8.67. The second-order valence-electron chi connectivity index (χ2n) is 7.17. The molecule has 0 amide bonds. The molecule has 0 N–H and O–H groups in total. The molecule has 0 aliphatic rings. The summed E-state index contributed by atoms with van der Waals surface area (Å²) in [5, 5.41) is 0. The monoisotopic (exact) mass is 346 g/mol. The third-order valence-electron chi connectivity index (χ3n) is 4.70. The third-order valence-corrected chi connectivity index (χ3v) is 6.11. The van der Waals surface area contributed by atoms with Crippen LogP contribution in [0.25, 0.3) is 0 Å². The molecule has 0 radical (unpaired) electrons. The van der Waals surface area contributed by atoms with Crippen LogP contribution in [0.1, 0.15) is 117 Å². The smallest absolute Gasteiger partial charge is 0.100 e. The summed E-state index contributed by atoms with van der Waals surface area (Å²) in [4.78, 5) is 0. The summed E-state index contributed by atoms with van der Waals surface area (Å²) >= 11 is 0. The first-order valence-corrected chi connectivity index (χ1v) is 12.1. The minimum atomic E-state index is -0.527. The molecular formula is C21H44FP. The van der Waals surface area contributed by atoms with Crippen LogP contribution in [0.5, 0.6) is 0 Å². The van der Waals surface area contributed by atoms with Gasteiger partial charge in [0.15, 0.2) is 0 Å². The predicted octanol–water partition coefficient (Wildman–Crippen LogP) is 8.28. The molecule has 0 aromatic heterocycles. The van der Waals surface area contributed by atoms with E-state index in [9.17, 15) is 4.39 Å². The summed E-state index contributed by atoms with van der Waals surface area (Å²) in [6, 6.07) is 0. The van der Waals surface area contributed by atoms with Crippen molar-refractivity contribution in [3.05, 3.63) is 0 Å². The highest BCUT2D eigenvalue weighted by molar-refractivity contribution is 7.37. The van der Waals surface area contributed by atoms with Gasteiger partial charge in [0.1, 0.15) is 6.17 Å². The van der Waals surface area contributed by atoms with Crippen LogP contribution in [0.2, 0.25) is 0 Å². The quantitative estimate of drug-likeness (QED) is 0.163. The van der Waals surface area contributed by atoms with E-state index in [1.165, 1.54) is 98.0 Å². The average Bonchev–Trinajstić information content (AvgIpc) is 2.56. The maximum atomic E-state index is 13.7. The van der Waals surface area contributed by atoms with Gasteiger partial charge in [0.25, 0.3) is 0 Å². The Morgan fingerprint density at radius 1 is 0.565 bits per heavy atom. The molecule has 2 unspecified atom stereocenters. The van der Waals surface area contributed by atoms with Gasteiger partial charge in [-0.25, -0.2) is 4.39 Å². The van der Waals surface area contributed by atoms with Gasteiger partial charge in [0, 0.05) is 0 Å². The molecule has 140 valence electrons. The summed E-state index contributed by atoms with van der Waals surface area (Å²) < 4.78 is 13.7. The van der Waals surface area contributed by atoms with E-state index in [-0.39, 0.29) is 0 Å². The topological polar surface area (TPSA) is 0 Å². The summed E-state index contributed by atoms with van der Waals surface area (Å²) in [6.07, 6.45) is 22.4. The lowest BCUT2D eigenvalue weighted by Gasteiger charge is -2.08. The largest absolute Gasteiger partial charge is 0.247 e. The molecule has 0 saturated carbocycles. The standard InChI is InChI=1S/C21H44FP/c1-3-5-7-13-17-21(22)18-14-11-9-10-12-16-20-23-19-15-8-6-4-2/h21,23H,3-20H2,1-2H3. The highest BCUT2D eigenvalue weighted by Crippen LogP contribution is 2.18. The van der Waals surface area contributed by atoms with E-state index in [4.69, 9.17) is 0 Å². The summed E-state index contributed by atoms with van der Waals surface area (Å²) in [7, 11) is 1.20. The first-order valence-electron chi connectivity index (χ1n) is 10.7. The number of hydrogen-bond acceptors (Lipinski definition) is 0. The lowest BCUT2D eigenvalue weighted by molar-refractivity contribution is 0.279. The Morgan fingerprint density at radius 2 is 0.957 bits per heavy atom. The van der Waals surface area contributed by atoms with E-state index in [2.05, 4.69) is 13.8 Å². The Morgan fingerprint density at radius 3 is 1.48 bits per heavy atom. The van der Waals surface area contributed by atoms with E-state index >= 15 is 0 Å². The number of hydrogen-bond donors (Lipinski definition) is 0. The molecule has 23 heavy (non-hydrogen) atoms. The predicted molar refractivity (Wildman–Crippen MR) is 108 cm³/mol. The lowest BCUT2D eigenvalue weighted by Crippen LogP contribution is -1.99. The lowest BCUT2D eigenvalue weighted by atomic mass is 10.0. The molecule has 0 aliphatic carbocycles. The molecule has 0 fully saturated rings. The zero-order valence-corrected chi connectivity index (χ0v) is 17.2. The Bertz CT molecular complexity index is 208. The van der Waals surface area contributed by atoms with Crippen LogP contribution in [-0.4, -0.2) is 18.5 Å². The summed E-state index contributed by atoms with van der Waals surface area (Å²) in [5.41, 5.74) is 0.